The van der Waals surface area contributed by atoms with Gasteiger partial charge in [0, 0.05) is 5.69 Å². The number of fused-ring (bicyclic) bond motifs is 1. The number of rotatable bonds is 4. The van der Waals surface area contributed by atoms with E-state index >= 15 is 0 Å². The van der Waals surface area contributed by atoms with E-state index in [1.165, 1.54) is 0 Å². The van der Waals surface area contributed by atoms with Gasteiger partial charge in [0.1, 0.15) is 0 Å². The minimum Gasteiger partial charge on any atom is -0.479 e. The summed E-state index contributed by atoms with van der Waals surface area (Å²) in [6, 6.07) is 21.3. The van der Waals surface area contributed by atoms with Gasteiger partial charge in [0.25, 0.3) is 0 Å². The number of hydrogen-bond acceptors (Lipinski definition) is 3. The summed E-state index contributed by atoms with van der Waals surface area (Å²) in [6.45, 7) is 0. The fourth-order valence-electron chi connectivity index (χ4n) is 2.48. The number of anilines is 1. The molecule has 0 fully saturated rings. The van der Waals surface area contributed by atoms with E-state index in [4.69, 9.17) is 5.26 Å². The summed E-state index contributed by atoms with van der Waals surface area (Å²) in [5.41, 5.74) is 1.87. The van der Waals surface area contributed by atoms with E-state index in [-0.39, 0.29) is 0 Å². The van der Waals surface area contributed by atoms with Crippen LogP contribution in [-0.2, 0) is 4.79 Å². The second kappa shape index (κ2) is 6.20. The van der Waals surface area contributed by atoms with Crippen molar-refractivity contribution in [3.63, 3.8) is 0 Å². The number of carboxylic acids is 1. The van der Waals surface area contributed by atoms with Gasteiger partial charge in [-0.15, -0.1) is 0 Å². The molecule has 1 atom stereocenters. The molecule has 2 N–H and O–H groups in total. The number of nitrogens with one attached hydrogen (secondary N) is 1. The lowest BCUT2D eigenvalue weighted by Gasteiger charge is -2.17. The van der Waals surface area contributed by atoms with Crippen molar-refractivity contribution >= 4 is 22.4 Å². The molecule has 0 radical (unpaired) electrons. The summed E-state index contributed by atoms with van der Waals surface area (Å²) in [5, 5.41) is 23.4. The molecule has 23 heavy (non-hydrogen) atoms. The van der Waals surface area contributed by atoms with Gasteiger partial charge in [-0.1, -0.05) is 36.4 Å². The molecule has 0 aliphatic rings. The molecule has 3 aromatic rings. The minimum absolute atomic E-state index is 0.535. The lowest BCUT2D eigenvalue weighted by Crippen LogP contribution is -2.20. The summed E-state index contributed by atoms with van der Waals surface area (Å²) in [5.74, 6) is -0.954. The Morgan fingerprint density at radius 1 is 1.00 bits per heavy atom. The highest BCUT2D eigenvalue weighted by Gasteiger charge is 2.19. The van der Waals surface area contributed by atoms with Gasteiger partial charge in [0.15, 0.2) is 6.04 Å². The number of nitriles is 1. The van der Waals surface area contributed by atoms with Crippen LogP contribution >= 0.6 is 0 Å². The van der Waals surface area contributed by atoms with Gasteiger partial charge in [-0.2, -0.15) is 5.26 Å². The third-order valence-corrected chi connectivity index (χ3v) is 3.68. The summed E-state index contributed by atoms with van der Waals surface area (Å²) in [4.78, 5) is 11.6. The molecule has 4 heteroatoms. The van der Waals surface area contributed by atoms with Gasteiger partial charge >= 0.3 is 5.97 Å². The molecule has 1 unspecified atom stereocenters. The van der Waals surface area contributed by atoms with Crippen molar-refractivity contribution in [1.29, 1.82) is 5.26 Å². The van der Waals surface area contributed by atoms with E-state index in [1.54, 1.807) is 24.3 Å². The first-order chi connectivity index (χ1) is 11.2. The predicted molar refractivity (Wildman–Crippen MR) is 89.1 cm³/mol. The average Bonchev–Trinajstić information content (AvgIpc) is 2.59. The van der Waals surface area contributed by atoms with Gasteiger partial charge in [-0.25, -0.2) is 4.79 Å². The van der Waals surface area contributed by atoms with Crippen LogP contribution in [0.25, 0.3) is 10.8 Å². The third-order valence-electron chi connectivity index (χ3n) is 3.68. The number of aliphatic carboxylic acids is 1. The van der Waals surface area contributed by atoms with E-state index < -0.39 is 12.0 Å². The molecule has 0 aromatic heterocycles. The van der Waals surface area contributed by atoms with Crippen LogP contribution in [0.2, 0.25) is 0 Å². The molecular formula is C19H14N2O2. The zero-order valence-corrected chi connectivity index (χ0v) is 12.2. The Bertz CT molecular complexity index is 895. The fourth-order valence-corrected chi connectivity index (χ4v) is 2.48. The highest BCUT2D eigenvalue weighted by Crippen LogP contribution is 2.24. The van der Waals surface area contributed by atoms with Crippen LogP contribution in [0.3, 0.4) is 0 Å². The first-order valence-corrected chi connectivity index (χ1v) is 7.15. The van der Waals surface area contributed by atoms with Crippen LogP contribution in [-0.4, -0.2) is 11.1 Å². The van der Waals surface area contributed by atoms with Crippen molar-refractivity contribution in [2.75, 3.05) is 5.32 Å². The van der Waals surface area contributed by atoms with Crippen molar-refractivity contribution in [3.05, 3.63) is 77.9 Å². The van der Waals surface area contributed by atoms with Gasteiger partial charge in [0.2, 0.25) is 0 Å². The molecule has 0 bridgehead atoms. The van der Waals surface area contributed by atoms with Crippen molar-refractivity contribution in [2.45, 2.75) is 6.04 Å². The van der Waals surface area contributed by atoms with Crippen LogP contribution in [0, 0.1) is 11.3 Å². The summed E-state index contributed by atoms with van der Waals surface area (Å²) in [7, 11) is 0. The van der Waals surface area contributed by atoms with Crippen LogP contribution in [0.5, 0.6) is 0 Å². The maximum Gasteiger partial charge on any atom is 0.330 e. The smallest absolute Gasteiger partial charge is 0.330 e. The van der Waals surface area contributed by atoms with Gasteiger partial charge in [-0.3, -0.25) is 0 Å². The monoisotopic (exact) mass is 302 g/mol. The molecule has 3 aromatic carbocycles. The number of carbonyl (C=O) groups is 1. The zero-order chi connectivity index (χ0) is 16.2. The molecule has 0 saturated carbocycles. The van der Waals surface area contributed by atoms with E-state index in [9.17, 15) is 9.90 Å². The maximum atomic E-state index is 11.6. The number of benzene rings is 3. The number of hydrogen-bond donors (Lipinski definition) is 2. The van der Waals surface area contributed by atoms with Crippen molar-refractivity contribution in [1.82, 2.24) is 0 Å². The lowest BCUT2D eigenvalue weighted by atomic mass is 10.0. The third kappa shape index (κ3) is 3.14. The summed E-state index contributed by atoms with van der Waals surface area (Å²) >= 11 is 0. The molecule has 0 aliphatic heterocycles. The highest BCUT2D eigenvalue weighted by atomic mass is 16.4. The predicted octanol–water partition coefficient (Wildman–Crippen LogP) is 3.95. The quantitative estimate of drug-likeness (QED) is 0.765. The molecule has 0 heterocycles. The van der Waals surface area contributed by atoms with Crippen molar-refractivity contribution in [2.24, 2.45) is 0 Å². The second-order valence-corrected chi connectivity index (χ2v) is 5.21. The van der Waals surface area contributed by atoms with Crippen LogP contribution in [0.15, 0.2) is 66.7 Å². The average molecular weight is 302 g/mol. The summed E-state index contributed by atoms with van der Waals surface area (Å²) < 4.78 is 0. The van der Waals surface area contributed by atoms with Gasteiger partial charge in [0.05, 0.1) is 11.6 Å². The molecule has 0 spiro atoms. The Labute approximate surface area is 133 Å². The minimum atomic E-state index is -0.954. The molecule has 4 nitrogen and oxygen atoms in total. The lowest BCUT2D eigenvalue weighted by molar-refractivity contribution is -0.138. The van der Waals surface area contributed by atoms with Gasteiger partial charge < -0.3 is 10.4 Å². The van der Waals surface area contributed by atoms with E-state index in [0.717, 1.165) is 10.8 Å². The van der Waals surface area contributed by atoms with E-state index in [1.807, 2.05) is 48.5 Å². The fraction of sp³-hybridized carbons (Fsp3) is 0.0526. The maximum absolute atomic E-state index is 11.6. The Kier molecular flexibility index (Phi) is 3.94. The normalized spacial score (nSPS) is 11.6. The molecule has 0 aliphatic carbocycles. The molecule has 0 amide bonds. The molecule has 0 saturated heterocycles. The Balaban J connectivity index is 1.93. The van der Waals surface area contributed by atoms with E-state index in [2.05, 4.69) is 5.32 Å². The van der Waals surface area contributed by atoms with Crippen LogP contribution < -0.4 is 5.32 Å². The Morgan fingerprint density at radius 3 is 2.35 bits per heavy atom. The Hall–Kier alpha value is -3.32. The van der Waals surface area contributed by atoms with Crippen molar-refractivity contribution < 1.29 is 9.90 Å². The van der Waals surface area contributed by atoms with Crippen LogP contribution in [0.1, 0.15) is 17.2 Å². The molecule has 112 valence electrons. The number of carboxylic acid groups (broad SMARTS) is 1. The molecule has 3 rings (SSSR count). The SMILES string of the molecule is N#Cc1ccc(NC(C(=O)O)c2ccc3ccccc3c2)cc1. The second-order valence-electron chi connectivity index (χ2n) is 5.21. The summed E-state index contributed by atoms with van der Waals surface area (Å²) in [6.07, 6.45) is 0. The first-order valence-electron chi connectivity index (χ1n) is 7.15. The Morgan fingerprint density at radius 2 is 1.70 bits per heavy atom. The first kappa shape index (κ1) is 14.6. The van der Waals surface area contributed by atoms with Gasteiger partial charge in [-0.05, 0) is 46.7 Å². The largest absolute Gasteiger partial charge is 0.479 e. The standard InChI is InChI=1S/C19H14N2O2/c20-12-13-5-9-17(10-6-13)21-18(19(22)23)16-8-7-14-3-1-2-4-15(14)11-16/h1-11,18,21H,(H,22,23). The zero-order valence-electron chi connectivity index (χ0n) is 12.2. The van der Waals surface area contributed by atoms with Crippen molar-refractivity contribution in [3.8, 4) is 6.07 Å². The van der Waals surface area contributed by atoms with Crippen LogP contribution in [0.4, 0.5) is 5.69 Å². The topological polar surface area (TPSA) is 73.1 Å². The van der Waals surface area contributed by atoms with E-state index in [0.29, 0.717) is 16.8 Å². The molecular weight excluding hydrogens is 288 g/mol. The highest BCUT2D eigenvalue weighted by molar-refractivity contribution is 5.86. The number of nitrogens with zero attached hydrogens (tertiary/aromatic N) is 1.